The number of benzene rings is 2. The van der Waals surface area contributed by atoms with Crippen molar-refractivity contribution in [3.8, 4) is 11.8 Å². The lowest BCUT2D eigenvalue weighted by Crippen LogP contribution is -2.02. The van der Waals surface area contributed by atoms with Gasteiger partial charge in [0, 0.05) is 23.7 Å². The lowest BCUT2D eigenvalue weighted by atomic mass is 10.1. The van der Waals surface area contributed by atoms with Gasteiger partial charge in [0.2, 0.25) is 0 Å². The molecule has 2 N–H and O–H groups in total. The number of anilines is 1. The van der Waals surface area contributed by atoms with E-state index in [1.807, 2.05) is 36.4 Å². The standard InChI is InChI=1S/C23H17FN4O/c24-19-13-12-16(27-22(19)15-26-29)7-5-6-14-25-23-17-8-1-3-10-20(17)28-21-11-4-2-9-18(21)23/h1-4,8-13,15,29H,6,14H2,(H,25,28). The van der Waals surface area contributed by atoms with Gasteiger partial charge >= 0.3 is 0 Å². The summed E-state index contributed by atoms with van der Waals surface area (Å²) in [6.07, 6.45) is 1.52. The largest absolute Gasteiger partial charge is 0.411 e. The molecule has 0 spiro atoms. The first-order valence-electron chi connectivity index (χ1n) is 9.10. The molecule has 2 aromatic carbocycles. The van der Waals surface area contributed by atoms with E-state index in [0.717, 1.165) is 33.7 Å². The minimum Gasteiger partial charge on any atom is -0.411 e. The lowest BCUT2D eigenvalue weighted by Gasteiger charge is -2.12. The summed E-state index contributed by atoms with van der Waals surface area (Å²) in [4.78, 5) is 8.73. The number of halogens is 1. The first-order valence-corrected chi connectivity index (χ1v) is 9.10. The lowest BCUT2D eigenvalue weighted by molar-refractivity contribution is 0.321. The van der Waals surface area contributed by atoms with Crippen LogP contribution in [0.1, 0.15) is 17.8 Å². The molecule has 2 heterocycles. The Hall–Kier alpha value is -3.98. The highest BCUT2D eigenvalue weighted by molar-refractivity contribution is 6.07. The van der Waals surface area contributed by atoms with Gasteiger partial charge in [0.25, 0.3) is 0 Å². The third kappa shape index (κ3) is 3.99. The van der Waals surface area contributed by atoms with Gasteiger partial charge in [-0.3, -0.25) is 0 Å². The van der Waals surface area contributed by atoms with Crippen LogP contribution in [-0.4, -0.2) is 27.9 Å². The number of oxime groups is 1. The molecule has 0 unspecified atom stereocenters. The second-order valence-electron chi connectivity index (χ2n) is 6.31. The Morgan fingerprint density at radius 3 is 2.34 bits per heavy atom. The Morgan fingerprint density at radius 2 is 1.66 bits per heavy atom. The molecule has 0 amide bonds. The normalized spacial score (nSPS) is 10.9. The van der Waals surface area contributed by atoms with Crippen LogP contribution in [0.2, 0.25) is 0 Å². The van der Waals surface area contributed by atoms with Gasteiger partial charge in [0.15, 0.2) is 5.82 Å². The van der Waals surface area contributed by atoms with Crippen molar-refractivity contribution in [2.75, 3.05) is 11.9 Å². The fourth-order valence-electron chi connectivity index (χ4n) is 3.11. The first-order chi connectivity index (χ1) is 14.3. The SMILES string of the molecule is ON=Cc1nc(C#CCCNc2c3ccccc3nc3ccccc23)ccc1F. The molecule has 5 nitrogen and oxygen atoms in total. The molecule has 0 radical (unpaired) electrons. The van der Waals surface area contributed by atoms with Crippen molar-refractivity contribution in [1.82, 2.24) is 9.97 Å². The van der Waals surface area contributed by atoms with Crippen LogP contribution in [0, 0.1) is 17.7 Å². The minimum atomic E-state index is -0.563. The van der Waals surface area contributed by atoms with E-state index >= 15 is 0 Å². The van der Waals surface area contributed by atoms with Crippen LogP contribution in [0.3, 0.4) is 0 Å². The number of nitrogens with zero attached hydrogens (tertiary/aromatic N) is 3. The smallest absolute Gasteiger partial charge is 0.150 e. The molecule has 142 valence electrons. The van der Waals surface area contributed by atoms with Crippen LogP contribution in [0.5, 0.6) is 0 Å². The van der Waals surface area contributed by atoms with Gasteiger partial charge in [-0.15, -0.1) is 0 Å². The molecule has 0 saturated heterocycles. The van der Waals surface area contributed by atoms with E-state index in [0.29, 0.717) is 18.7 Å². The Morgan fingerprint density at radius 1 is 0.966 bits per heavy atom. The summed E-state index contributed by atoms with van der Waals surface area (Å²) in [6, 6.07) is 18.8. The van der Waals surface area contributed by atoms with Gasteiger partial charge in [-0.05, 0) is 30.2 Å². The zero-order chi connectivity index (χ0) is 20.1. The molecule has 6 heteroatoms. The third-order valence-corrected chi connectivity index (χ3v) is 4.41. The maximum atomic E-state index is 13.5. The molecule has 29 heavy (non-hydrogen) atoms. The van der Waals surface area contributed by atoms with Crippen LogP contribution < -0.4 is 5.32 Å². The number of fused-ring (bicyclic) bond motifs is 2. The number of aromatic nitrogens is 2. The van der Waals surface area contributed by atoms with Crippen LogP contribution in [-0.2, 0) is 0 Å². The maximum Gasteiger partial charge on any atom is 0.150 e. The highest BCUT2D eigenvalue weighted by Crippen LogP contribution is 2.30. The number of pyridine rings is 2. The van der Waals surface area contributed by atoms with Crippen LogP contribution in [0.25, 0.3) is 21.8 Å². The highest BCUT2D eigenvalue weighted by Gasteiger charge is 2.07. The van der Waals surface area contributed by atoms with E-state index in [4.69, 9.17) is 10.2 Å². The molecule has 2 aromatic heterocycles. The number of hydrogen-bond donors (Lipinski definition) is 2. The molecule has 0 atom stereocenters. The van der Waals surface area contributed by atoms with Crippen LogP contribution >= 0.6 is 0 Å². The molecule has 4 aromatic rings. The molecular formula is C23H17FN4O. The summed E-state index contributed by atoms with van der Waals surface area (Å²) < 4.78 is 13.5. The Balaban J connectivity index is 1.53. The fourth-order valence-corrected chi connectivity index (χ4v) is 3.11. The van der Waals surface area contributed by atoms with Gasteiger partial charge in [0.1, 0.15) is 11.4 Å². The van der Waals surface area contributed by atoms with E-state index in [2.05, 4.69) is 39.4 Å². The van der Waals surface area contributed by atoms with Gasteiger partial charge in [-0.25, -0.2) is 14.4 Å². The van der Waals surface area contributed by atoms with Gasteiger partial charge < -0.3 is 10.5 Å². The molecule has 0 saturated carbocycles. The summed E-state index contributed by atoms with van der Waals surface area (Å²) in [7, 11) is 0. The summed E-state index contributed by atoms with van der Waals surface area (Å²) in [6.45, 7) is 0.636. The van der Waals surface area contributed by atoms with E-state index in [1.54, 1.807) is 0 Å². The predicted molar refractivity (Wildman–Crippen MR) is 113 cm³/mol. The van der Waals surface area contributed by atoms with Crippen molar-refractivity contribution in [1.29, 1.82) is 0 Å². The van der Waals surface area contributed by atoms with E-state index in [1.165, 1.54) is 12.1 Å². The molecule has 0 aliphatic heterocycles. The molecule has 0 aliphatic rings. The van der Waals surface area contributed by atoms with E-state index in [9.17, 15) is 4.39 Å². The average molecular weight is 384 g/mol. The van der Waals surface area contributed by atoms with Gasteiger partial charge in [-0.2, -0.15) is 0 Å². The zero-order valence-electron chi connectivity index (χ0n) is 15.4. The number of nitrogens with one attached hydrogen (secondary N) is 1. The van der Waals surface area contributed by atoms with Crippen LogP contribution in [0.4, 0.5) is 10.1 Å². The van der Waals surface area contributed by atoms with E-state index < -0.39 is 5.82 Å². The monoisotopic (exact) mass is 384 g/mol. The van der Waals surface area contributed by atoms with Crippen molar-refractivity contribution in [3.63, 3.8) is 0 Å². The molecule has 0 fully saturated rings. The van der Waals surface area contributed by atoms with Crippen molar-refractivity contribution in [3.05, 3.63) is 77.9 Å². The first kappa shape index (κ1) is 18.4. The molecule has 0 bridgehead atoms. The number of para-hydroxylation sites is 2. The van der Waals surface area contributed by atoms with Crippen molar-refractivity contribution < 1.29 is 9.60 Å². The quantitative estimate of drug-likeness (QED) is 0.135. The van der Waals surface area contributed by atoms with Crippen molar-refractivity contribution >= 4 is 33.7 Å². The summed E-state index contributed by atoms with van der Waals surface area (Å²) in [5.74, 6) is 5.38. The summed E-state index contributed by atoms with van der Waals surface area (Å²) >= 11 is 0. The predicted octanol–water partition coefficient (Wildman–Crippen LogP) is 4.58. The van der Waals surface area contributed by atoms with Crippen molar-refractivity contribution in [2.24, 2.45) is 5.16 Å². The molecular weight excluding hydrogens is 367 g/mol. The minimum absolute atomic E-state index is 0.0489. The Kier molecular flexibility index (Phi) is 5.30. The summed E-state index contributed by atoms with van der Waals surface area (Å²) in [5.41, 5.74) is 3.28. The van der Waals surface area contributed by atoms with E-state index in [-0.39, 0.29) is 5.69 Å². The number of hydrogen-bond acceptors (Lipinski definition) is 5. The summed E-state index contributed by atoms with van der Waals surface area (Å²) in [5, 5.41) is 17.0. The number of rotatable bonds is 4. The Labute approximate surface area is 166 Å². The average Bonchev–Trinajstić information content (AvgIpc) is 2.75. The zero-order valence-corrected chi connectivity index (χ0v) is 15.4. The highest BCUT2D eigenvalue weighted by atomic mass is 19.1. The molecule has 4 rings (SSSR count). The van der Waals surface area contributed by atoms with Gasteiger partial charge in [-0.1, -0.05) is 47.5 Å². The molecule has 0 aliphatic carbocycles. The maximum absolute atomic E-state index is 13.5. The second kappa shape index (κ2) is 8.36. The van der Waals surface area contributed by atoms with Crippen LogP contribution in [0.15, 0.2) is 65.8 Å². The Bertz CT molecular complexity index is 1220. The topological polar surface area (TPSA) is 70.4 Å². The fraction of sp³-hybridized carbons (Fsp3) is 0.0870. The van der Waals surface area contributed by atoms with Crippen molar-refractivity contribution in [2.45, 2.75) is 6.42 Å². The van der Waals surface area contributed by atoms with Gasteiger partial charge in [0.05, 0.1) is 22.9 Å². The second-order valence-corrected chi connectivity index (χ2v) is 6.31. The third-order valence-electron chi connectivity index (χ3n) is 4.41.